The molecule has 0 radical (unpaired) electrons. The van der Waals surface area contributed by atoms with Crippen molar-refractivity contribution in [2.45, 2.75) is 153 Å². The Hall–Kier alpha value is -5.76. The number of aromatic amines is 1. The molecule has 0 aromatic carbocycles. The van der Waals surface area contributed by atoms with Crippen molar-refractivity contribution in [1.82, 2.24) is 47.2 Å². The zero-order valence-electron chi connectivity index (χ0n) is 38.1. The lowest BCUT2D eigenvalue weighted by Gasteiger charge is -2.27. The molecule has 374 valence electrons. The second-order valence-electron chi connectivity index (χ2n) is 16.1. The van der Waals surface area contributed by atoms with E-state index in [1.165, 1.54) is 19.4 Å². The van der Waals surface area contributed by atoms with E-state index in [2.05, 4.69) is 47.2 Å². The van der Waals surface area contributed by atoms with Gasteiger partial charge in [0, 0.05) is 24.7 Å². The minimum Gasteiger partial charge on any atom is -0.481 e. The van der Waals surface area contributed by atoms with E-state index in [-0.39, 0.29) is 44.7 Å². The van der Waals surface area contributed by atoms with Crippen molar-refractivity contribution < 1.29 is 58.5 Å². The van der Waals surface area contributed by atoms with Crippen molar-refractivity contribution in [2.75, 3.05) is 26.2 Å². The van der Waals surface area contributed by atoms with Gasteiger partial charge in [-0.15, -0.1) is 0 Å². The van der Waals surface area contributed by atoms with E-state index in [0.717, 1.165) is 0 Å². The molecule has 1 aromatic rings. The number of H-pyrrole nitrogens is 1. The SMILES string of the molecule is CC[C@H](C)[C@H](N)C(=O)N[C@@H](CO)C(=O)N[C@@H](CCCCN)C(=O)N[C@@H](CCCCN)C(=O)N[C@@H](Cc1cnc[nH]1)C(=O)N[C@@H](C)C(=O)N[C@@H](CCC(=O)O)C(=O)N[C@@H](CCCCN)C(=O)O. The van der Waals surface area contributed by atoms with Gasteiger partial charge < -0.3 is 80.5 Å². The Morgan fingerprint density at radius 1 is 0.591 bits per heavy atom. The van der Waals surface area contributed by atoms with Crippen LogP contribution in [0, 0.1) is 5.92 Å². The molecule has 1 heterocycles. The van der Waals surface area contributed by atoms with Crippen LogP contribution in [0.1, 0.15) is 104 Å². The Morgan fingerprint density at radius 3 is 1.45 bits per heavy atom. The molecule has 19 N–H and O–H groups in total. The van der Waals surface area contributed by atoms with Crippen LogP contribution in [0.4, 0.5) is 0 Å². The van der Waals surface area contributed by atoms with Crippen molar-refractivity contribution in [2.24, 2.45) is 28.9 Å². The van der Waals surface area contributed by atoms with E-state index in [1.54, 1.807) is 6.92 Å². The summed E-state index contributed by atoms with van der Waals surface area (Å²) in [5, 5.41) is 46.3. The van der Waals surface area contributed by atoms with Gasteiger partial charge in [0.1, 0.15) is 42.3 Å². The fraction of sp³-hybridized carbons (Fsp3) is 0.707. The van der Waals surface area contributed by atoms with Gasteiger partial charge in [-0.25, -0.2) is 9.78 Å². The monoisotopic (exact) mass is 940 g/mol. The van der Waals surface area contributed by atoms with Crippen molar-refractivity contribution >= 4 is 53.3 Å². The molecule has 66 heavy (non-hydrogen) atoms. The smallest absolute Gasteiger partial charge is 0.326 e. The minimum absolute atomic E-state index is 0.0257. The quantitative estimate of drug-likeness (QED) is 0.0289. The second kappa shape index (κ2) is 32.0. The lowest BCUT2D eigenvalue weighted by Crippen LogP contribution is -2.60. The molecule has 0 aliphatic heterocycles. The van der Waals surface area contributed by atoms with Crippen molar-refractivity contribution in [3.05, 3.63) is 18.2 Å². The number of nitrogens with two attached hydrogens (primary N) is 4. The van der Waals surface area contributed by atoms with Crippen molar-refractivity contribution in [3.63, 3.8) is 0 Å². The highest BCUT2D eigenvalue weighted by Crippen LogP contribution is 2.10. The number of unbranched alkanes of at least 4 members (excludes halogenated alkanes) is 3. The fourth-order valence-corrected chi connectivity index (χ4v) is 6.38. The number of nitrogens with one attached hydrogen (secondary N) is 8. The maximum Gasteiger partial charge on any atom is 0.326 e. The average Bonchev–Trinajstić information content (AvgIpc) is 3.80. The third-order valence-corrected chi connectivity index (χ3v) is 10.7. The number of carbonyl (C=O) groups is 9. The average molecular weight is 940 g/mol. The largest absolute Gasteiger partial charge is 0.481 e. The predicted molar refractivity (Wildman–Crippen MR) is 239 cm³/mol. The van der Waals surface area contributed by atoms with Gasteiger partial charge in [0.25, 0.3) is 0 Å². The number of carboxylic acid groups (broad SMARTS) is 2. The molecule has 0 aliphatic rings. The number of aromatic nitrogens is 2. The van der Waals surface area contributed by atoms with Gasteiger partial charge in [-0.05, 0) is 96.7 Å². The number of nitrogens with zero attached hydrogens (tertiary/aromatic N) is 1. The number of aliphatic hydroxyl groups is 1. The molecule has 0 saturated carbocycles. The van der Waals surface area contributed by atoms with E-state index < -0.39 is 121 Å². The second-order valence-corrected chi connectivity index (χ2v) is 16.1. The van der Waals surface area contributed by atoms with Gasteiger partial charge >= 0.3 is 11.9 Å². The lowest BCUT2D eigenvalue weighted by atomic mass is 9.99. The molecule has 0 fully saturated rings. The molecule has 25 nitrogen and oxygen atoms in total. The number of carboxylic acids is 2. The molecule has 9 atom stereocenters. The Bertz CT molecular complexity index is 1700. The van der Waals surface area contributed by atoms with Crippen LogP contribution >= 0.6 is 0 Å². The summed E-state index contributed by atoms with van der Waals surface area (Å²) in [5.74, 6) is -8.83. The van der Waals surface area contributed by atoms with Crippen LogP contribution in [0.3, 0.4) is 0 Å². The molecular weight excluding hydrogens is 867 g/mol. The van der Waals surface area contributed by atoms with E-state index >= 15 is 0 Å². The van der Waals surface area contributed by atoms with Crippen LogP contribution in [0.15, 0.2) is 12.5 Å². The highest BCUT2D eigenvalue weighted by Gasteiger charge is 2.34. The lowest BCUT2D eigenvalue weighted by molar-refractivity contribution is -0.143. The fourth-order valence-electron chi connectivity index (χ4n) is 6.38. The van der Waals surface area contributed by atoms with Gasteiger partial charge in [-0.1, -0.05) is 20.3 Å². The number of carbonyl (C=O) groups excluding carboxylic acids is 7. The molecular formula is C41H73N13O12. The number of rotatable bonds is 35. The molecule has 7 amide bonds. The molecule has 25 heteroatoms. The summed E-state index contributed by atoms with van der Waals surface area (Å²) in [6, 6.07) is -10.6. The number of aliphatic carboxylic acids is 2. The van der Waals surface area contributed by atoms with E-state index in [0.29, 0.717) is 57.2 Å². The number of hydrogen-bond acceptors (Lipinski definition) is 15. The van der Waals surface area contributed by atoms with E-state index in [1.807, 2.05) is 6.92 Å². The number of hydrogen-bond donors (Lipinski definition) is 15. The Morgan fingerprint density at radius 2 is 1.02 bits per heavy atom. The molecule has 0 bridgehead atoms. The first kappa shape index (κ1) is 58.3. The zero-order chi connectivity index (χ0) is 49.8. The van der Waals surface area contributed by atoms with Crippen LogP contribution < -0.4 is 60.2 Å². The number of amides is 7. The molecule has 1 rings (SSSR count). The Labute approximate surface area is 384 Å². The molecule has 0 unspecified atom stereocenters. The number of aliphatic hydroxyl groups excluding tert-OH is 1. The first-order valence-corrected chi connectivity index (χ1v) is 22.3. The molecule has 0 spiro atoms. The molecule has 0 saturated heterocycles. The normalized spacial score (nSPS) is 15.2. The summed E-state index contributed by atoms with van der Waals surface area (Å²) in [6.45, 7) is 4.88. The standard InChI is InChI=1S/C41H73N13O12/c1-4-23(2)33(45)40(64)54-31(21-55)39(63)51-26(11-5-8-16-42)35(59)50-27(12-6-9-17-43)36(60)53-30(19-25-20-46-22-47-25)38(62)48-24(3)34(58)49-28(14-15-32(56)57)37(61)52-29(41(65)66)13-7-10-18-44/h20,22-24,26-31,33,55H,4-19,21,42-45H2,1-3H3,(H,46,47)(H,48,62)(H,49,58)(H,50,59)(H,51,63)(H,52,61)(H,53,60)(H,54,64)(H,56,57)(H,65,66)/t23-,24-,26-,27-,28-,29-,30-,31-,33-/m0/s1. The van der Waals surface area contributed by atoms with Gasteiger partial charge in [0.05, 0.1) is 19.0 Å². The van der Waals surface area contributed by atoms with Crippen LogP contribution in [-0.2, 0) is 49.6 Å². The molecule has 1 aromatic heterocycles. The molecule has 0 aliphatic carbocycles. The number of imidazole rings is 1. The highest BCUT2D eigenvalue weighted by atomic mass is 16.4. The van der Waals surface area contributed by atoms with Crippen molar-refractivity contribution in [1.29, 1.82) is 0 Å². The summed E-state index contributed by atoms with van der Waals surface area (Å²) in [7, 11) is 0. The van der Waals surface area contributed by atoms with Crippen LogP contribution in [0.25, 0.3) is 0 Å². The summed E-state index contributed by atoms with van der Waals surface area (Å²) in [5.41, 5.74) is 23.3. The van der Waals surface area contributed by atoms with Crippen LogP contribution in [0.5, 0.6) is 0 Å². The third-order valence-electron chi connectivity index (χ3n) is 10.7. The minimum atomic E-state index is -1.51. The van der Waals surface area contributed by atoms with Crippen molar-refractivity contribution in [3.8, 4) is 0 Å². The third kappa shape index (κ3) is 21.9. The Kier molecular flexibility index (Phi) is 28.2. The van der Waals surface area contributed by atoms with E-state index in [9.17, 15) is 58.5 Å². The van der Waals surface area contributed by atoms with Gasteiger partial charge in [0.2, 0.25) is 41.4 Å². The van der Waals surface area contributed by atoms with Crippen LogP contribution in [0.2, 0.25) is 0 Å². The maximum absolute atomic E-state index is 14.0. The van der Waals surface area contributed by atoms with Gasteiger partial charge in [0.15, 0.2) is 0 Å². The summed E-state index contributed by atoms with van der Waals surface area (Å²) >= 11 is 0. The topological polar surface area (TPSA) is 431 Å². The van der Waals surface area contributed by atoms with E-state index in [4.69, 9.17) is 22.9 Å². The zero-order valence-corrected chi connectivity index (χ0v) is 38.1. The summed E-state index contributed by atoms with van der Waals surface area (Å²) in [6.07, 6.45) is 4.76. The first-order valence-electron chi connectivity index (χ1n) is 22.3. The predicted octanol–water partition coefficient (Wildman–Crippen LogP) is -3.93. The summed E-state index contributed by atoms with van der Waals surface area (Å²) in [4.78, 5) is 124. The van der Waals surface area contributed by atoms with Gasteiger partial charge in [-0.2, -0.15) is 0 Å². The highest BCUT2D eigenvalue weighted by molar-refractivity contribution is 5.97. The van der Waals surface area contributed by atoms with Gasteiger partial charge in [-0.3, -0.25) is 38.4 Å². The first-order chi connectivity index (χ1) is 31.3. The van der Waals surface area contributed by atoms with Crippen LogP contribution in [-0.4, -0.2) is 153 Å². The Balaban J connectivity index is 3.34. The maximum atomic E-state index is 14.0. The summed E-state index contributed by atoms with van der Waals surface area (Å²) < 4.78 is 0.